The van der Waals surface area contributed by atoms with E-state index in [4.69, 9.17) is 9.47 Å². The van der Waals surface area contributed by atoms with E-state index in [9.17, 15) is 14.4 Å². The van der Waals surface area contributed by atoms with Crippen LogP contribution >= 0.6 is 0 Å². The maximum absolute atomic E-state index is 12.8. The summed E-state index contributed by atoms with van der Waals surface area (Å²) < 4.78 is 11.4. The van der Waals surface area contributed by atoms with Crippen LogP contribution < -0.4 is 4.74 Å². The second kappa shape index (κ2) is 14.1. The lowest BCUT2D eigenvalue weighted by molar-refractivity contribution is 0.0631. The van der Waals surface area contributed by atoms with Gasteiger partial charge < -0.3 is 14.4 Å². The first-order valence-electron chi connectivity index (χ1n) is 13.7. The third kappa shape index (κ3) is 7.69. The average molecular weight is 529 g/mol. The molecule has 1 aliphatic heterocycles. The summed E-state index contributed by atoms with van der Waals surface area (Å²) in [6, 6.07) is 24.2. The molecule has 204 valence electrons. The summed E-state index contributed by atoms with van der Waals surface area (Å²) >= 11 is 0. The summed E-state index contributed by atoms with van der Waals surface area (Å²) in [6.07, 6.45) is 4.75. The molecule has 0 saturated heterocycles. The number of ether oxygens (including phenoxy) is 2. The lowest BCUT2D eigenvalue weighted by Gasteiger charge is -2.22. The van der Waals surface area contributed by atoms with Crippen molar-refractivity contribution in [1.29, 1.82) is 0 Å². The molecule has 1 aliphatic rings. The molecule has 0 N–H and O–H groups in total. The number of benzene rings is 3. The molecule has 3 amide bonds. The highest BCUT2D eigenvalue weighted by atomic mass is 16.6. The zero-order valence-electron chi connectivity index (χ0n) is 22.5. The van der Waals surface area contributed by atoms with Crippen molar-refractivity contribution in [2.45, 2.75) is 45.6 Å². The number of amides is 3. The van der Waals surface area contributed by atoms with Crippen molar-refractivity contribution in [2.24, 2.45) is 0 Å². The van der Waals surface area contributed by atoms with E-state index >= 15 is 0 Å². The molecule has 7 nitrogen and oxygen atoms in total. The standard InChI is InChI=1S/C32H36N2O5/c1-2-3-4-10-20-33(32(37)39-24-26-11-6-5-7-12-26)21-19-25-15-17-27(18-16-25)38-23-22-34-30(35)28-13-8-9-14-29(28)31(34)36/h5-9,11-18H,2-4,10,19-24H2,1H3. The minimum absolute atomic E-state index is 0.187. The van der Waals surface area contributed by atoms with E-state index in [-0.39, 0.29) is 37.7 Å². The molecular weight excluding hydrogens is 492 g/mol. The van der Waals surface area contributed by atoms with Crippen LogP contribution in [0.3, 0.4) is 0 Å². The van der Waals surface area contributed by atoms with Crippen molar-refractivity contribution in [3.05, 3.63) is 101 Å². The van der Waals surface area contributed by atoms with Gasteiger partial charge in [-0.25, -0.2) is 4.79 Å². The van der Waals surface area contributed by atoms with Gasteiger partial charge in [-0.1, -0.05) is 80.8 Å². The topological polar surface area (TPSA) is 76.2 Å². The molecule has 0 saturated carbocycles. The van der Waals surface area contributed by atoms with E-state index in [1.54, 1.807) is 29.2 Å². The number of unbranched alkanes of at least 4 members (excludes halogenated alkanes) is 3. The van der Waals surface area contributed by atoms with Gasteiger partial charge in [0.1, 0.15) is 19.0 Å². The lowest BCUT2D eigenvalue weighted by atomic mass is 10.1. The maximum Gasteiger partial charge on any atom is 0.410 e. The van der Waals surface area contributed by atoms with Crippen LogP contribution in [0.4, 0.5) is 4.79 Å². The highest BCUT2D eigenvalue weighted by Crippen LogP contribution is 2.22. The van der Waals surface area contributed by atoms with Gasteiger partial charge in [-0.3, -0.25) is 14.5 Å². The van der Waals surface area contributed by atoms with Gasteiger partial charge in [0.05, 0.1) is 17.7 Å². The summed E-state index contributed by atoms with van der Waals surface area (Å²) in [6.45, 7) is 4.07. The van der Waals surface area contributed by atoms with E-state index in [1.807, 2.05) is 54.6 Å². The quantitative estimate of drug-likeness (QED) is 0.186. The fourth-order valence-electron chi connectivity index (χ4n) is 4.55. The predicted molar refractivity (Wildman–Crippen MR) is 150 cm³/mol. The summed E-state index contributed by atoms with van der Waals surface area (Å²) in [4.78, 5) is 40.8. The van der Waals surface area contributed by atoms with Gasteiger partial charge in [0.25, 0.3) is 11.8 Å². The van der Waals surface area contributed by atoms with Gasteiger partial charge in [0.15, 0.2) is 0 Å². The Kier molecular flexibility index (Phi) is 10.1. The number of fused-ring (bicyclic) bond motifs is 1. The van der Waals surface area contributed by atoms with Gasteiger partial charge >= 0.3 is 6.09 Å². The third-order valence-electron chi connectivity index (χ3n) is 6.80. The molecule has 39 heavy (non-hydrogen) atoms. The molecule has 0 atom stereocenters. The van der Waals surface area contributed by atoms with Gasteiger partial charge in [0, 0.05) is 13.1 Å². The minimum atomic E-state index is -0.288. The molecule has 1 heterocycles. The fraction of sp³-hybridized carbons (Fsp3) is 0.344. The molecule has 7 heteroatoms. The molecule has 0 bridgehead atoms. The van der Waals surface area contributed by atoms with Crippen LogP contribution in [0.15, 0.2) is 78.9 Å². The molecule has 0 aromatic heterocycles. The summed E-state index contributed by atoms with van der Waals surface area (Å²) in [7, 11) is 0. The van der Waals surface area contributed by atoms with Crippen molar-refractivity contribution in [2.75, 3.05) is 26.2 Å². The molecule has 0 aliphatic carbocycles. The Morgan fingerprint density at radius 3 is 2.10 bits per heavy atom. The van der Waals surface area contributed by atoms with Gasteiger partial charge in [-0.15, -0.1) is 0 Å². The molecular formula is C32H36N2O5. The molecule has 0 fully saturated rings. The number of carbonyl (C=O) groups excluding carboxylic acids is 3. The Bertz CT molecular complexity index is 1210. The smallest absolute Gasteiger partial charge is 0.410 e. The van der Waals surface area contributed by atoms with Crippen LogP contribution in [0.5, 0.6) is 5.75 Å². The van der Waals surface area contributed by atoms with Crippen LogP contribution in [0.1, 0.15) is 64.4 Å². The molecule has 3 aromatic rings. The highest BCUT2D eigenvalue weighted by molar-refractivity contribution is 6.21. The van der Waals surface area contributed by atoms with Crippen molar-refractivity contribution in [1.82, 2.24) is 9.80 Å². The monoisotopic (exact) mass is 528 g/mol. The van der Waals surface area contributed by atoms with Crippen molar-refractivity contribution < 1.29 is 23.9 Å². The Labute approximate surface area is 230 Å². The Morgan fingerprint density at radius 2 is 1.44 bits per heavy atom. The zero-order chi connectivity index (χ0) is 27.5. The number of rotatable bonds is 14. The Balaban J connectivity index is 1.24. The molecule has 4 rings (SSSR count). The number of imide groups is 1. The number of hydrogen-bond acceptors (Lipinski definition) is 5. The maximum atomic E-state index is 12.8. The van der Waals surface area contributed by atoms with Gasteiger partial charge in [-0.2, -0.15) is 0 Å². The summed E-state index contributed by atoms with van der Waals surface area (Å²) in [5.74, 6) is 0.0984. The van der Waals surface area contributed by atoms with Crippen molar-refractivity contribution >= 4 is 17.9 Å². The first-order chi connectivity index (χ1) is 19.1. The molecule has 3 aromatic carbocycles. The minimum Gasteiger partial charge on any atom is -0.492 e. The average Bonchev–Trinajstić information content (AvgIpc) is 3.21. The third-order valence-corrected chi connectivity index (χ3v) is 6.80. The zero-order valence-corrected chi connectivity index (χ0v) is 22.5. The first-order valence-corrected chi connectivity index (χ1v) is 13.7. The van der Waals surface area contributed by atoms with E-state index in [2.05, 4.69) is 6.92 Å². The van der Waals surface area contributed by atoms with Gasteiger partial charge in [0.2, 0.25) is 0 Å². The van der Waals surface area contributed by atoms with Crippen LogP contribution in [0.2, 0.25) is 0 Å². The SMILES string of the molecule is CCCCCCN(CCc1ccc(OCCN2C(=O)c3ccccc3C2=O)cc1)C(=O)OCc1ccccc1. The van der Waals surface area contributed by atoms with Crippen LogP contribution in [-0.2, 0) is 17.8 Å². The van der Waals surface area contributed by atoms with E-state index in [0.29, 0.717) is 36.4 Å². The fourth-order valence-corrected chi connectivity index (χ4v) is 4.55. The van der Waals surface area contributed by atoms with Crippen LogP contribution in [-0.4, -0.2) is 53.9 Å². The second-order valence-corrected chi connectivity index (χ2v) is 9.64. The normalized spacial score (nSPS) is 12.4. The lowest BCUT2D eigenvalue weighted by Crippen LogP contribution is -2.34. The highest BCUT2D eigenvalue weighted by Gasteiger charge is 2.34. The predicted octanol–water partition coefficient (Wildman–Crippen LogP) is 6.12. The first kappa shape index (κ1) is 27.9. The van der Waals surface area contributed by atoms with Crippen molar-refractivity contribution in [3.8, 4) is 5.75 Å². The van der Waals surface area contributed by atoms with Crippen LogP contribution in [0.25, 0.3) is 0 Å². The van der Waals surface area contributed by atoms with Crippen LogP contribution in [0, 0.1) is 0 Å². The second-order valence-electron chi connectivity index (χ2n) is 9.64. The molecule has 0 unspecified atom stereocenters. The summed E-state index contributed by atoms with van der Waals surface area (Å²) in [5.41, 5.74) is 2.93. The number of carbonyl (C=O) groups is 3. The molecule has 0 spiro atoms. The molecule has 0 radical (unpaired) electrons. The van der Waals surface area contributed by atoms with E-state index in [0.717, 1.165) is 36.8 Å². The Hall–Kier alpha value is -4.13. The van der Waals surface area contributed by atoms with E-state index < -0.39 is 0 Å². The largest absolute Gasteiger partial charge is 0.492 e. The van der Waals surface area contributed by atoms with E-state index in [1.165, 1.54) is 4.90 Å². The summed E-state index contributed by atoms with van der Waals surface area (Å²) in [5, 5.41) is 0. The number of hydrogen-bond donors (Lipinski definition) is 0. The Morgan fingerprint density at radius 1 is 0.769 bits per heavy atom. The van der Waals surface area contributed by atoms with Crippen molar-refractivity contribution in [3.63, 3.8) is 0 Å². The van der Waals surface area contributed by atoms with Gasteiger partial charge in [-0.05, 0) is 48.2 Å². The number of nitrogens with zero attached hydrogens (tertiary/aromatic N) is 2.